The molecule has 2 aliphatic rings. The number of hydrogen-bond donors (Lipinski definition) is 1. The first-order chi connectivity index (χ1) is 14.3. The summed E-state index contributed by atoms with van der Waals surface area (Å²) in [6.07, 6.45) is 3.04. The van der Waals surface area contributed by atoms with E-state index in [1.807, 2.05) is 18.2 Å². The fraction of sp³-hybridized carbons (Fsp3) is 0.381. The van der Waals surface area contributed by atoms with Crippen LogP contribution in [-0.4, -0.2) is 51.8 Å². The van der Waals surface area contributed by atoms with Gasteiger partial charge in [0.25, 0.3) is 0 Å². The number of likely N-dealkylation sites (tertiary alicyclic amines) is 1. The summed E-state index contributed by atoms with van der Waals surface area (Å²) in [7, 11) is -3.40. The van der Waals surface area contributed by atoms with Gasteiger partial charge in [-0.3, -0.25) is 9.69 Å². The Kier molecular flexibility index (Phi) is 5.90. The van der Waals surface area contributed by atoms with E-state index in [9.17, 15) is 13.2 Å². The predicted molar refractivity (Wildman–Crippen MR) is 114 cm³/mol. The topological polar surface area (TPSA) is 84.9 Å². The van der Waals surface area contributed by atoms with Crippen molar-refractivity contribution in [3.8, 4) is 11.5 Å². The molecule has 0 radical (unpaired) electrons. The molecule has 4 rings (SSSR count). The Morgan fingerprint density at radius 1 is 1.17 bits per heavy atom. The Bertz CT molecular complexity index is 1070. The number of anilines is 1. The third-order valence-corrected chi connectivity index (χ3v) is 6.74. The van der Waals surface area contributed by atoms with Crippen LogP contribution in [0.25, 0.3) is 0 Å². The number of nitrogens with zero attached hydrogens (tertiary/aromatic N) is 1. The van der Waals surface area contributed by atoms with Crippen molar-refractivity contribution >= 4 is 33.0 Å². The molecule has 0 spiro atoms. The Morgan fingerprint density at radius 2 is 1.93 bits per heavy atom. The van der Waals surface area contributed by atoms with Crippen molar-refractivity contribution < 1.29 is 22.7 Å². The lowest BCUT2D eigenvalue weighted by Crippen LogP contribution is -2.33. The van der Waals surface area contributed by atoms with Gasteiger partial charge in [-0.1, -0.05) is 17.7 Å². The van der Waals surface area contributed by atoms with E-state index in [1.165, 1.54) is 18.2 Å². The molecular formula is C21H23ClN2O5S. The number of sulfone groups is 1. The smallest absolute Gasteiger partial charge is 0.238 e. The number of ether oxygens (including phenoxy) is 2. The normalized spacial score (nSPS) is 18.9. The Balaban J connectivity index is 1.47. The summed E-state index contributed by atoms with van der Waals surface area (Å²) in [4.78, 5) is 14.9. The average Bonchev–Trinajstić information content (AvgIpc) is 3.16. The van der Waals surface area contributed by atoms with Crippen molar-refractivity contribution in [2.24, 2.45) is 0 Å². The van der Waals surface area contributed by atoms with Gasteiger partial charge in [0.05, 0.1) is 22.2 Å². The number of fused-ring (bicyclic) bond motifs is 1. The van der Waals surface area contributed by atoms with E-state index >= 15 is 0 Å². The number of halogens is 1. The summed E-state index contributed by atoms with van der Waals surface area (Å²) < 4.78 is 34.8. The molecular weight excluding hydrogens is 428 g/mol. The first-order valence-corrected chi connectivity index (χ1v) is 12.0. The van der Waals surface area contributed by atoms with E-state index in [0.29, 0.717) is 23.9 Å². The molecule has 1 fully saturated rings. The number of amides is 1. The Morgan fingerprint density at radius 3 is 2.70 bits per heavy atom. The van der Waals surface area contributed by atoms with Crippen molar-refractivity contribution in [2.45, 2.75) is 23.8 Å². The number of rotatable bonds is 5. The second kappa shape index (κ2) is 8.45. The molecule has 160 valence electrons. The van der Waals surface area contributed by atoms with Crippen molar-refractivity contribution in [2.75, 3.05) is 37.9 Å². The van der Waals surface area contributed by atoms with Crippen LogP contribution < -0.4 is 14.8 Å². The highest BCUT2D eigenvalue weighted by atomic mass is 35.5. The largest absolute Gasteiger partial charge is 0.486 e. The Labute approximate surface area is 180 Å². The molecule has 2 aliphatic heterocycles. The molecule has 1 saturated heterocycles. The highest BCUT2D eigenvalue weighted by Crippen LogP contribution is 2.38. The van der Waals surface area contributed by atoms with Crippen LogP contribution in [0.15, 0.2) is 41.3 Å². The van der Waals surface area contributed by atoms with Gasteiger partial charge in [0, 0.05) is 12.3 Å². The second-order valence-electron chi connectivity index (χ2n) is 7.49. The van der Waals surface area contributed by atoms with E-state index in [0.717, 1.165) is 42.7 Å². The van der Waals surface area contributed by atoms with Crippen LogP contribution in [0.1, 0.15) is 24.4 Å². The van der Waals surface area contributed by atoms with Gasteiger partial charge in [0.15, 0.2) is 21.3 Å². The number of carbonyl (C=O) groups is 1. The maximum absolute atomic E-state index is 12.7. The summed E-state index contributed by atoms with van der Waals surface area (Å²) in [5.41, 5.74) is 1.38. The highest BCUT2D eigenvalue weighted by Gasteiger charge is 2.29. The van der Waals surface area contributed by atoms with Gasteiger partial charge < -0.3 is 14.8 Å². The fourth-order valence-corrected chi connectivity index (χ4v) is 4.68. The minimum Gasteiger partial charge on any atom is -0.486 e. The van der Waals surface area contributed by atoms with Crippen LogP contribution in [0.3, 0.4) is 0 Å². The van der Waals surface area contributed by atoms with Crippen LogP contribution in [0.4, 0.5) is 5.69 Å². The second-order valence-corrected chi connectivity index (χ2v) is 9.92. The number of nitrogens with one attached hydrogen (secondary N) is 1. The average molecular weight is 451 g/mol. The minimum atomic E-state index is -3.40. The molecule has 1 N–H and O–H groups in total. The fourth-order valence-electron chi connectivity index (χ4n) is 3.87. The summed E-state index contributed by atoms with van der Waals surface area (Å²) in [5, 5.41) is 3.04. The molecule has 2 aromatic carbocycles. The maximum Gasteiger partial charge on any atom is 0.238 e. The maximum atomic E-state index is 12.7. The standard InChI is InChI=1S/C21H23ClN2O5S/c1-30(26,27)15-5-6-16(22)17(12-15)23-21(25)13-24-8-2-3-18(24)14-4-7-19-20(11-14)29-10-9-28-19/h4-7,11-12,18H,2-3,8-10,13H2,1H3,(H,23,25). The van der Waals surface area contributed by atoms with Gasteiger partial charge in [0.1, 0.15) is 13.2 Å². The molecule has 0 bridgehead atoms. The molecule has 1 atom stereocenters. The van der Waals surface area contributed by atoms with E-state index in [2.05, 4.69) is 10.2 Å². The van der Waals surface area contributed by atoms with Gasteiger partial charge in [-0.2, -0.15) is 0 Å². The van der Waals surface area contributed by atoms with Crippen LogP contribution in [0.2, 0.25) is 5.02 Å². The highest BCUT2D eigenvalue weighted by molar-refractivity contribution is 7.90. The van der Waals surface area contributed by atoms with E-state index < -0.39 is 9.84 Å². The van der Waals surface area contributed by atoms with Crippen LogP contribution in [0.5, 0.6) is 11.5 Å². The van der Waals surface area contributed by atoms with E-state index in [1.54, 1.807) is 0 Å². The third kappa shape index (κ3) is 4.55. The summed E-state index contributed by atoms with van der Waals surface area (Å²) in [6, 6.07) is 10.3. The predicted octanol–water partition coefficient (Wildman–Crippen LogP) is 3.29. The number of hydrogen-bond acceptors (Lipinski definition) is 6. The summed E-state index contributed by atoms with van der Waals surface area (Å²) in [5.74, 6) is 1.24. The molecule has 2 heterocycles. The lowest BCUT2D eigenvalue weighted by Gasteiger charge is -2.26. The third-order valence-electron chi connectivity index (χ3n) is 5.30. The van der Waals surface area contributed by atoms with Crippen molar-refractivity contribution in [1.29, 1.82) is 0 Å². The summed E-state index contributed by atoms with van der Waals surface area (Å²) in [6.45, 7) is 2.05. The van der Waals surface area contributed by atoms with Crippen molar-refractivity contribution in [1.82, 2.24) is 4.90 Å². The van der Waals surface area contributed by atoms with Gasteiger partial charge in [0.2, 0.25) is 5.91 Å². The molecule has 1 unspecified atom stereocenters. The van der Waals surface area contributed by atoms with E-state index in [4.69, 9.17) is 21.1 Å². The van der Waals surface area contributed by atoms with Gasteiger partial charge in [-0.15, -0.1) is 0 Å². The van der Waals surface area contributed by atoms with Crippen LogP contribution >= 0.6 is 11.6 Å². The summed E-state index contributed by atoms with van der Waals surface area (Å²) >= 11 is 6.15. The van der Waals surface area contributed by atoms with Crippen molar-refractivity contribution in [3.05, 3.63) is 47.0 Å². The SMILES string of the molecule is CS(=O)(=O)c1ccc(Cl)c(NC(=O)CN2CCCC2c2ccc3c(c2)OCCO3)c1. The van der Waals surface area contributed by atoms with Gasteiger partial charge in [-0.05, 0) is 55.3 Å². The molecule has 2 aromatic rings. The Hall–Kier alpha value is -2.29. The number of benzene rings is 2. The first-order valence-electron chi connectivity index (χ1n) is 9.74. The number of carbonyl (C=O) groups excluding carboxylic acids is 1. The quantitative estimate of drug-likeness (QED) is 0.752. The minimum absolute atomic E-state index is 0.101. The molecule has 9 heteroatoms. The first kappa shape index (κ1) is 21.0. The monoisotopic (exact) mass is 450 g/mol. The van der Waals surface area contributed by atoms with Crippen molar-refractivity contribution in [3.63, 3.8) is 0 Å². The van der Waals surface area contributed by atoms with Crippen LogP contribution in [-0.2, 0) is 14.6 Å². The molecule has 30 heavy (non-hydrogen) atoms. The molecule has 1 amide bonds. The molecule has 0 aliphatic carbocycles. The lowest BCUT2D eigenvalue weighted by molar-refractivity contribution is -0.117. The molecule has 7 nitrogen and oxygen atoms in total. The zero-order chi connectivity index (χ0) is 21.3. The molecule has 0 aromatic heterocycles. The van der Waals surface area contributed by atoms with E-state index in [-0.39, 0.29) is 23.4 Å². The molecule has 0 saturated carbocycles. The van der Waals surface area contributed by atoms with Gasteiger partial charge >= 0.3 is 0 Å². The van der Waals surface area contributed by atoms with Gasteiger partial charge in [-0.25, -0.2) is 8.42 Å². The zero-order valence-corrected chi connectivity index (χ0v) is 18.1. The van der Waals surface area contributed by atoms with Crippen LogP contribution in [0, 0.1) is 0 Å². The lowest BCUT2D eigenvalue weighted by atomic mass is 10.0. The zero-order valence-electron chi connectivity index (χ0n) is 16.6.